The molecule has 6 heteroatoms. The third-order valence-electron chi connectivity index (χ3n) is 2.64. The van der Waals surface area contributed by atoms with E-state index in [0.717, 1.165) is 12.8 Å². The van der Waals surface area contributed by atoms with E-state index in [1.54, 1.807) is 0 Å². The van der Waals surface area contributed by atoms with Gasteiger partial charge in [0, 0.05) is 6.42 Å². The Morgan fingerprint density at radius 3 is 2.40 bits per heavy atom. The van der Waals surface area contributed by atoms with Crippen molar-refractivity contribution < 1.29 is 24.3 Å². The number of benzene rings is 1. The zero-order valence-electron chi connectivity index (χ0n) is 11.2. The summed E-state index contributed by atoms with van der Waals surface area (Å²) in [5.41, 5.74) is 1.77. The van der Waals surface area contributed by atoms with E-state index in [2.05, 4.69) is 4.84 Å². The predicted molar refractivity (Wildman–Crippen MR) is 71.1 cm³/mol. The summed E-state index contributed by atoms with van der Waals surface area (Å²) in [6.07, 6.45) is 2.79. The van der Waals surface area contributed by atoms with Gasteiger partial charge in [-0.2, -0.15) is 5.48 Å². The lowest BCUT2D eigenvalue weighted by atomic mass is 10.1. The average Bonchev–Trinajstić information content (AvgIpc) is 2.45. The molecule has 0 atom stereocenters. The Morgan fingerprint density at radius 2 is 1.80 bits per heavy atom. The van der Waals surface area contributed by atoms with E-state index in [1.807, 2.05) is 12.4 Å². The number of hydrogen-bond donors (Lipinski definition) is 2. The molecule has 0 heterocycles. The highest BCUT2D eigenvalue weighted by atomic mass is 16.7. The van der Waals surface area contributed by atoms with Crippen molar-refractivity contribution in [3.8, 4) is 0 Å². The van der Waals surface area contributed by atoms with Gasteiger partial charge < -0.3 is 9.94 Å². The van der Waals surface area contributed by atoms with E-state index in [-0.39, 0.29) is 17.5 Å². The Morgan fingerprint density at radius 1 is 1.15 bits per heavy atom. The van der Waals surface area contributed by atoms with Crippen LogP contribution in [-0.2, 0) is 9.63 Å². The Kier molecular flexibility index (Phi) is 6.22. The molecule has 0 fully saturated rings. The number of nitrogens with one attached hydrogen (secondary N) is 1. The fraction of sp³-hybridized carbons (Fsp3) is 0.357. The average molecular weight is 279 g/mol. The van der Waals surface area contributed by atoms with E-state index >= 15 is 0 Å². The molecule has 6 nitrogen and oxygen atoms in total. The van der Waals surface area contributed by atoms with Crippen molar-refractivity contribution >= 4 is 17.8 Å². The molecule has 0 radical (unpaired) electrons. The second-order valence-corrected chi connectivity index (χ2v) is 4.21. The van der Waals surface area contributed by atoms with Crippen LogP contribution in [-0.4, -0.2) is 23.0 Å². The molecule has 1 aromatic rings. The highest BCUT2D eigenvalue weighted by Gasteiger charge is 2.16. The maximum Gasteiger partial charge on any atom is 0.336 e. The minimum Gasteiger partial charge on any atom is -0.478 e. The van der Waals surface area contributed by atoms with E-state index in [1.165, 1.54) is 24.3 Å². The second kappa shape index (κ2) is 7.93. The number of rotatable bonds is 6. The number of carboxylic acids is 1. The first-order chi connectivity index (χ1) is 9.56. The highest BCUT2D eigenvalue weighted by molar-refractivity contribution is 6.04. The fourth-order valence-electron chi connectivity index (χ4n) is 1.60. The van der Waals surface area contributed by atoms with Crippen LogP contribution in [0.3, 0.4) is 0 Å². The van der Waals surface area contributed by atoms with E-state index in [9.17, 15) is 14.4 Å². The third kappa shape index (κ3) is 4.72. The van der Waals surface area contributed by atoms with Gasteiger partial charge in [-0.15, -0.1) is 0 Å². The van der Waals surface area contributed by atoms with Crippen molar-refractivity contribution in [3.05, 3.63) is 35.4 Å². The first-order valence-electron chi connectivity index (χ1n) is 6.38. The molecule has 0 aromatic heterocycles. The molecule has 0 aliphatic rings. The molecule has 0 saturated carbocycles. The van der Waals surface area contributed by atoms with Gasteiger partial charge in [0.25, 0.3) is 5.91 Å². The van der Waals surface area contributed by atoms with Crippen molar-refractivity contribution in [2.24, 2.45) is 0 Å². The minimum atomic E-state index is -1.22. The molecule has 1 aromatic carbocycles. The number of amides is 1. The van der Waals surface area contributed by atoms with Gasteiger partial charge in [0.1, 0.15) is 0 Å². The van der Waals surface area contributed by atoms with Crippen LogP contribution in [0.1, 0.15) is 53.3 Å². The molecule has 0 saturated heterocycles. The molecule has 0 spiro atoms. The van der Waals surface area contributed by atoms with Crippen LogP contribution in [0.2, 0.25) is 0 Å². The Labute approximate surface area is 116 Å². The van der Waals surface area contributed by atoms with Crippen molar-refractivity contribution in [2.45, 2.75) is 32.6 Å². The normalized spacial score (nSPS) is 9.85. The summed E-state index contributed by atoms with van der Waals surface area (Å²) in [7, 11) is 0. The third-order valence-corrected chi connectivity index (χ3v) is 2.64. The molecular weight excluding hydrogens is 262 g/mol. The largest absolute Gasteiger partial charge is 0.478 e. The summed E-state index contributed by atoms with van der Waals surface area (Å²) in [5.74, 6) is -2.52. The highest BCUT2D eigenvalue weighted by Crippen LogP contribution is 2.08. The molecule has 1 rings (SSSR count). The zero-order valence-corrected chi connectivity index (χ0v) is 11.2. The number of carbonyl (C=O) groups is 3. The summed E-state index contributed by atoms with van der Waals surface area (Å²) < 4.78 is 0. The van der Waals surface area contributed by atoms with Crippen molar-refractivity contribution in [1.82, 2.24) is 5.48 Å². The monoisotopic (exact) mass is 279 g/mol. The van der Waals surface area contributed by atoms with Crippen LogP contribution in [0.25, 0.3) is 0 Å². The van der Waals surface area contributed by atoms with Gasteiger partial charge >= 0.3 is 11.9 Å². The van der Waals surface area contributed by atoms with E-state index in [4.69, 9.17) is 5.11 Å². The van der Waals surface area contributed by atoms with Gasteiger partial charge in [-0.1, -0.05) is 31.9 Å². The van der Waals surface area contributed by atoms with Crippen molar-refractivity contribution in [3.63, 3.8) is 0 Å². The van der Waals surface area contributed by atoms with Gasteiger partial charge in [-0.05, 0) is 18.6 Å². The first-order valence-corrected chi connectivity index (χ1v) is 6.38. The minimum absolute atomic E-state index is 0.0543. The molecule has 1 amide bonds. The molecule has 20 heavy (non-hydrogen) atoms. The number of unbranched alkanes of at least 4 members (excludes halogenated alkanes) is 2. The number of hydrogen-bond acceptors (Lipinski definition) is 4. The molecule has 0 unspecified atom stereocenters. The van der Waals surface area contributed by atoms with Crippen LogP contribution in [0, 0.1) is 0 Å². The second-order valence-electron chi connectivity index (χ2n) is 4.21. The molecule has 0 bridgehead atoms. The van der Waals surface area contributed by atoms with Crippen molar-refractivity contribution in [2.75, 3.05) is 0 Å². The van der Waals surface area contributed by atoms with Gasteiger partial charge in [0.15, 0.2) is 0 Å². The maximum atomic E-state index is 11.8. The Balaban J connectivity index is 2.55. The molecule has 108 valence electrons. The topological polar surface area (TPSA) is 92.7 Å². The maximum absolute atomic E-state index is 11.8. The summed E-state index contributed by atoms with van der Waals surface area (Å²) >= 11 is 0. The summed E-state index contributed by atoms with van der Waals surface area (Å²) in [5, 5.41) is 8.95. The standard InChI is InChI=1S/C14H17NO5/c1-2-3-4-9-12(16)20-15-13(17)10-7-5-6-8-11(10)14(18)19/h5-8H,2-4,9H2,1H3,(H,15,17)(H,18,19). The smallest absolute Gasteiger partial charge is 0.336 e. The quantitative estimate of drug-likeness (QED) is 0.615. The number of aromatic carboxylic acids is 1. The molecule has 0 aliphatic carbocycles. The predicted octanol–water partition coefficient (Wildman–Crippen LogP) is 2.15. The van der Waals surface area contributed by atoms with Gasteiger partial charge in [-0.25, -0.2) is 9.59 Å². The number of hydroxylamine groups is 1. The van der Waals surface area contributed by atoms with Gasteiger partial charge in [-0.3, -0.25) is 4.79 Å². The summed E-state index contributed by atoms with van der Waals surface area (Å²) in [6.45, 7) is 2.01. The molecule has 0 aliphatic heterocycles. The number of carboxylic acid groups (broad SMARTS) is 1. The SMILES string of the molecule is CCCCCC(=O)ONC(=O)c1ccccc1C(=O)O. The van der Waals surface area contributed by atoms with Crippen molar-refractivity contribution in [1.29, 1.82) is 0 Å². The van der Waals surface area contributed by atoms with Crippen LogP contribution >= 0.6 is 0 Å². The van der Waals surface area contributed by atoms with Gasteiger partial charge in [0.2, 0.25) is 0 Å². The van der Waals surface area contributed by atoms with Crippen LogP contribution in [0.4, 0.5) is 0 Å². The lowest BCUT2D eigenvalue weighted by molar-refractivity contribution is -0.149. The zero-order chi connectivity index (χ0) is 15.0. The van der Waals surface area contributed by atoms with Crippen LogP contribution in [0.15, 0.2) is 24.3 Å². The molecule has 2 N–H and O–H groups in total. The van der Waals surface area contributed by atoms with Gasteiger partial charge in [0.05, 0.1) is 11.1 Å². The van der Waals surface area contributed by atoms with Crippen LogP contribution in [0.5, 0.6) is 0 Å². The lowest BCUT2D eigenvalue weighted by Gasteiger charge is -2.07. The summed E-state index contributed by atoms with van der Waals surface area (Å²) in [6, 6.07) is 5.70. The Hall–Kier alpha value is -2.37. The van der Waals surface area contributed by atoms with E-state index in [0.29, 0.717) is 6.42 Å². The fourth-order valence-corrected chi connectivity index (χ4v) is 1.60. The summed E-state index contributed by atoms with van der Waals surface area (Å²) in [4.78, 5) is 38.6. The lowest BCUT2D eigenvalue weighted by Crippen LogP contribution is -2.28. The van der Waals surface area contributed by atoms with Crippen LogP contribution < -0.4 is 5.48 Å². The molecular formula is C14H17NO5. The first kappa shape index (κ1) is 15.7. The number of carbonyl (C=O) groups excluding carboxylic acids is 2. The Bertz CT molecular complexity index is 498. The van der Waals surface area contributed by atoms with E-state index < -0.39 is 17.8 Å².